The number of aryl methyl sites for hydroxylation is 3. The first-order chi connectivity index (χ1) is 14.4. The van der Waals surface area contributed by atoms with E-state index in [1.54, 1.807) is 16.6 Å². The highest BCUT2D eigenvalue weighted by molar-refractivity contribution is 5.85. The van der Waals surface area contributed by atoms with Crippen molar-refractivity contribution >= 4 is 17.5 Å². The van der Waals surface area contributed by atoms with E-state index in [0.717, 1.165) is 41.1 Å². The number of ether oxygens (including phenoxy) is 1. The lowest BCUT2D eigenvalue weighted by molar-refractivity contribution is -0.156. The number of fused-ring (bicyclic) bond motifs is 1. The number of rotatable bonds is 7. The number of esters is 1. The molecule has 7 nitrogen and oxygen atoms in total. The first kappa shape index (κ1) is 20.1. The molecule has 0 aliphatic heterocycles. The number of carbonyl (C=O) groups is 2. The van der Waals surface area contributed by atoms with Crippen LogP contribution in [0.4, 0.5) is 0 Å². The summed E-state index contributed by atoms with van der Waals surface area (Å²) in [6, 6.07) is 11.3. The van der Waals surface area contributed by atoms with Crippen LogP contribution in [-0.4, -0.2) is 32.5 Å². The van der Waals surface area contributed by atoms with E-state index in [1.807, 2.05) is 45.0 Å². The van der Waals surface area contributed by atoms with Crippen molar-refractivity contribution in [2.75, 3.05) is 0 Å². The van der Waals surface area contributed by atoms with Crippen molar-refractivity contribution in [1.29, 1.82) is 0 Å². The second kappa shape index (κ2) is 8.26. The van der Waals surface area contributed by atoms with Gasteiger partial charge in [0.2, 0.25) is 6.10 Å². The van der Waals surface area contributed by atoms with Crippen LogP contribution < -0.4 is 5.32 Å². The molecule has 156 valence electrons. The number of nitrogens with one attached hydrogen (secondary N) is 1. The molecule has 0 radical (unpaired) electrons. The third-order valence-corrected chi connectivity index (χ3v) is 5.38. The third kappa shape index (κ3) is 4.35. The molecule has 1 atom stereocenters. The van der Waals surface area contributed by atoms with E-state index in [4.69, 9.17) is 4.74 Å². The van der Waals surface area contributed by atoms with Crippen LogP contribution in [0, 0.1) is 20.8 Å². The molecule has 1 saturated carbocycles. The van der Waals surface area contributed by atoms with E-state index in [-0.39, 0.29) is 18.4 Å². The van der Waals surface area contributed by atoms with Gasteiger partial charge in [0, 0.05) is 35.5 Å². The molecule has 1 aliphatic rings. The average molecular weight is 406 g/mol. The highest BCUT2D eigenvalue weighted by Gasteiger charge is 2.30. The van der Waals surface area contributed by atoms with Crippen LogP contribution >= 0.6 is 0 Å². The lowest BCUT2D eigenvalue weighted by atomic mass is 10.1. The quantitative estimate of drug-likeness (QED) is 0.609. The molecule has 3 aromatic rings. The van der Waals surface area contributed by atoms with Gasteiger partial charge < -0.3 is 10.1 Å². The maximum atomic E-state index is 12.7. The Bertz CT molecular complexity index is 1090. The summed E-state index contributed by atoms with van der Waals surface area (Å²) in [5.74, 6) is -0.676. The summed E-state index contributed by atoms with van der Waals surface area (Å²) in [6.45, 7) is 5.84. The SMILES string of the molecule is Cc1cc2nc(C)c(CCC(=O)O[C@H](C(=O)NC3CC3)c3ccccc3)c(C)n2n1. The molecule has 1 fully saturated rings. The van der Waals surface area contributed by atoms with Gasteiger partial charge in [-0.25, -0.2) is 9.50 Å². The Morgan fingerprint density at radius 1 is 1.20 bits per heavy atom. The maximum Gasteiger partial charge on any atom is 0.307 e. The Morgan fingerprint density at radius 2 is 1.93 bits per heavy atom. The van der Waals surface area contributed by atoms with Crippen molar-refractivity contribution in [3.05, 3.63) is 64.6 Å². The minimum absolute atomic E-state index is 0.162. The van der Waals surface area contributed by atoms with Crippen LogP contribution in [0.3, 0.4) is 0 Å². The number of carbonyl (C=O) groups excluding carboxylic acids is 2. The van der Waals surface area contributed by atoms with Gasteiger partial charge in [0.15, 0.2) is 5.65 Å². The second-order valence-corrected chi connectivity index (χ2v) is 7.88. The third-order valence-electron chi connectivity index (χ3n) is 5.38. The average Bonchev–Trinajstić information content (AvgIpc) is 3.45. The predicted molar refractivity (Wildman–Crippen MR) is 112 cm³/mol. The molecule has 1 N–H and O–H groups in total. The van der Waals surface area contributed by atoms with Gasteiger partial charge in [0.05, 0.1) is 5.69 Å². The van der Waals surface area contributed by atoms with Crippen LogP contribution in [0.15, 0.2) is 36.4 Å². The maximum absolute atomic E-state index is 12.7. The van der Waals surface area contributed by atoms with E-state index in [9.17, 15) is 9.59 Å². The Morgan fingerprint density at radius 3 is 2.63 bits per heavy atom. The van der Waals surface area contributed by atoms with Gasteiger partial charge in [-0.05, 0) is 45.6 Å². The molecule has 30 heavy (non-hydrogen) atoms. The number of amides is 1. The van der Waals surface area contributed by atoms with Crippen LogP contribution in [0.25, 0.3) is 5.65 Å². The molecule has 1 amide bonds. The van der Waals surface area contributed by atoms with Gasteiger partial charge in [-0.3, -0.25) is 9.59 Å². The summed E-state index contributed by atoms with van der Waals surface area (Å²) in [7, 11) is 0. The first-order valence-electron chi connectivity index (χ1n) is 10.3. The van der Waals surface area contributed by atoms with Crippen molar-refractivity contribution in [3.8, 4) is 0 Å². The fraction of sp³-hybridized carbons (Fsp3) is 0.391. The highest BCUT2D eigenvalue weighted by atomic mass is 16.5. The zero-order chi connectivity index (χ0) is 21.3. The van der Waals surface area contributed by atoms with Gasteiger partial charge in [-0.1, -0.05) is 30.3 Å². The van der Waals surface area contributed by atoms with E-state index < -0.39 is 12.1 Å². The molecule has 2 aromatic heterocycles. The Balaban J connectivity index is 1.47. The zero-order valence-electron chi connectivity index (χ0n) is 17.5. The number of hydrogen-bond donors (Lipinski definition) is 1. The molecule has 2 heterocycles. The minimum atomic E-state index is -0.934. The summed E-state index contributed by atoms with van der Waals surface area (Å²) in [5.41, 5.74) is 5.18. The van der Waals surface area contributed by atoms with Crippen LogP contribution in [0.2, 0.25) is 0 Å². The molecule has 0 unspecified atom stereocenters. The second-order valence-electron chi connectivity index (χ2n) is 7.88. The van der Waals surface area contributed by atoms with E-state index >= 15 is 0 Å². The number of hydrogen-bond acceptors (Lipinski definition) is 5. The normalized spacial score (nSPS) is 14.5. The van der Waals surface area contributed by atoms with Gasteiger partial charge >= 0.3 is 5.97 Å². The van der Waals surface area contributed by atoms with Crippen LogP contribution in [-0.2, 0) is 20.7 Å². The fourth-order valence-electron chi connectivity index (χ4n) is 3.63. The Kier molecular flexibility index (Phi) is 5.53. The Labute approximate surface area is 175 Å². The summed E-state index contributed by atoms with van der Waals surface area (Å²) < 4.78 is 7.43. The monoisotopic (exact) mass is 406 g/mol. The largest absolute Gasteiger partial charge is 0.447 e. The molecular weight excluding hydrogens is 380 g/mol. The van der Waals surface area contributed by atoms with E-state index in [1.165, 1.54) is 0 Å². The van der Waals surface area contributed by atoms with Gasteiger partial charge in [-0.2, -0.15) is 5.10 Å². The summed E-state index contributed by atoms with van der Waals surface area (Å²) in [5, 5.41) is 7.41. The zero-order valence-corrected chi connectivity index (χ0v) is 17.5. The first-order valence-corrected chi connectivity index (χ1v) is 10.3. The molecule has 0 bridgehead atoms. The topological polar surface area (TPSA) is 85.6 Å². The Hall–Kier alpha value is -3.22. The molecule has 7 heteroatoms. The summed E-state index contributed by atoms with van der Waals surface area (Å²) in [6.07, 6.45) is 1.65. The lowest BCUT2D eigenvalue weighted by Gasteiger charge is -2.18. The van der Waals surface area contributed by atoms with Crippen molar-refractivity contribution in [1.82, 2.24) is 19.9 Å². The smallest absolute Gasteiger partial charge is 0.307 e. The molecular formula is C23H26N4O3. The molecule has 0 spiro atoms. The number of benzene rings is 1. The molecule has 1 aromatic carbocycles. The number of aromatic nitrogens is 3. The lowest BCUT2D eigenvalue weighted by Crippen LogP contribution is -2.33. The molecule has 1 aliphatic carbocycles. The van der Waals surface area contributed by atoms with Gasteiger partial charge in [0.1, 0.15) is 0 Å². The fourth-order valence-corrected chi connectivity index (χ4v) is 3.63. The van der Waals surface area contributed by atoms with E-state index in [2.05, 4.69) is 15.4 Å². The van der Waals surface area contributed by atoms with Gasteiger partial charge in [0.25, 0.3) is 5.91 Å². The highest BCUT2D eigenvalue weighted by Crippen LogP contribution is 2.24. The predicted octanol–water partition coefficient (Wildman–Crippen LogP) is 3.15. The van der Waals surface area contributed by atoms with Crippen molar-refractivity contribution in [2.45, 2.75) is 58.6 Å². The van der Waals surface area contributed by atoms with Gasteiger partial charge in [-0.15, -0.1) is 0 Å². The van der Waals surface area contributed by atoms with Crippen LogP contribution in [0.5, 0.6) is 0 Å². The molecule has 0 saturated heterocycles. The minimum Gasteiger partial charge on any atom is -0.447 e. The van der Waals surface area contributed by atoms with Crippen LogP contribution in [0.1, 0.15) is 53.6 Å². The molecule has 4 rings (SSSR count). The number of nitrogens with zero attached hydrogens (tertiary/aromatic N) is 3. The summed E-state index contributed by atoms with van der Waals surface area (Å²) in [4.78, 5) is 29.9. The van der Waals surface area contributed by atoms with Crippen molar-refractivity contribution in [3.63, 3.8) is 0 Å². The van der Waals surface area contributed by atoms with Crippen molar-refractivity contribution in [2.24, 2.45) is 0 Å². The van der Waals surface area contributed by atoms with Crippen molar-refractivity contribution < 1.29 is 14.3 Å². The summed E-state index contributed by atoms with van der Waals surface area (Å²) >= 11 is 0. The van der Waals surface area contributed by atoms with E-state index in [0.29, 0.717) is 12.0 Å². The standard InChI is InChI=1S/C23H26N4O3/c1-14-13-20-24-15(2)19(16(3)27(20)26-14)11-12-21(28)30-22(17-7-5-4-6-8-17)23(29)25-18-9-10-18/h4-8,13,18,22H,9-12H2,1-3H3,(H,25,29)/t22-/m0/s1.